The number of rotatable bonds is 4. The van der Waals surface area contributed by atoms with Gasteiger partial charge >= 0.3 is 5.97 Å². The van der Waals surface area contributed by atoms with Gasteiger partial charge in [-0.15, -0.1) is 12.4 Å². The predicted octanol–water partition coefficient (Wildman–Crippen LogP) is 1.48. The first-order valence-electron chi connectivity index (χ1n) is 4.30. The van der Waals surface area contributed by atoms with Gasteiger partial charge in [0.2, 0.25) is 0 Å². The minimum absolute atomic E-state index is 0. The molecule has 0 saturated carbocycles. The molecule has 0 amide bonds. The van der Waals surface area contributed by atoms with Crippen molar-refractivity contribution < 1.29 is 14.3 Å². The SMILES string of the molecule is COCCc1ncccc1C(=O)OC.Cl. The quantitative estimate of drug-likeness (QED) is 0.737. The van der Waals surface area contributed by atoms with Crippen molar-refractivity contribution in [2.24, 2.45) is 0 Å². The summed E-state index contributed by atoms with van der Waals surface area (Å²) in [6.45, 7) is 0.543. The van der Waals surface area contributed by atoms with Gasteiger partial charge in [-0.3, -0.25) is 4.98 Å². The zero-order valence-corrected chi connectivity index (χ0v) is 9.54. The Morgan fingerprint density at radius 3 is 2.80 bits per heavy atom. The highest BCUT2D eigenvalue weighted by molar-refractivity contribution is 5.90. The molecule has 1 rings (SSSR count). The number of carbonyl (C=O) groups is 1. The van der Waals surface area contributed by atoms with Crippen LogP contribution >= 0.6 is 12.4 Å². The number of hydrogen-bond donors (Lipinski definition) is 0. The first-order chi connectivity index (χ1) is 6.79. The normalized spacial score (nSPS) is 9.20. The fourth-order valence-electron chi connectivity index (χ4n) is 1.13. The Labute approximate surface area is 95.0 Å². The molecule has 0 aliphatic heterocycles. The average molecular weight is 232 g/mol. The summed E-state index contributed by atoms with van der Waals surface area (Å²) in [6.07, 6.45) is 2.26. The van der Waals surface area contributed by atoms with Crippen LogP contribution < -0.4 is 0 Å². The number of pyridine rings is 1. The molecule has 1 aromatic rings. The number of nitrogens with zero attached hydrogens (tertiary/aromatic N) is 1. The molecule has 0 atom stereocenters. The Morgan fingerprint density at radius 1 is 1.47 bits per heavy atom. The van der Waals surface area contributed by atoms with E-state index < -0.39 is 0 Å². The van der Waals surface area contributed by atoms with E-state index in [1.165, 1.54) is 7.11 Å². The Balaban J connectivity index is 0.00000196. The molecule has 84 valence electrons. The van der Waals surface area contributed by atoms with Crippen LogP contribution in [-0.2, 0) is 15.9 Å². The van der Waals surface area contributed by atoms with E-state index in [4.69, 9.17) is 4.74 Å². The molecule has 0 fully saturated rings. The molecule has 0 N–H and O–H groups in total. The molecule has 0 spiro atoms. The maximum atomic E-state index is 11.3. The zero-order valence-electron chi connectivity index (χ0n) is 8.73. The molecule has 5 heteroatoms. The van der Waals surface area contributed by atoms with Gasteiger partial charge in [0.15, 0.2) is 0 Å². The monoisotopic (exact) mass is 231 g/mol. The van der Waals surface area contributed by atoms with E-state index in [1.54, 1.807) is 25.4 Å². The summed E-state index contributed by atoms with van der Waals surface area (Å²) in [5.41, 5.74) is 1.22. The number of hydrogen-bond acceptors (Lipinski definition) is 4. The second-order valence-electron chi connectivity index (χ2n) is 2.73. The number of ether oxygens (including phenoxy) is 2. The van der Waals surface area contributed by atoms with Crippen molar-refractivity contribution in [3.63, 3.8) is 0 Å². The minimum atomic E-state index is -0.357. The standard InChI is InChI=1S/C10H13NO3.ClH/c1-13-7-5-9-8(10(12)14-2)4-3-6-11-9;/h3-4,6H,5,7H2,1-2H3;1H. The summed E-state index contributed by atoms with van der Waals surface area (Å²) in [5.74, 6) is -0.357. The lowest BCUT2D eigenvalue weighted by Crippen LogP contribution is -2.09. The molecule has 1 aromatic heterocycles. The molecule has 0 radical (unpaired) electrons. The van der Waals surface area contributed by atoms with Gasteiger partial charge in [0, 0.05) is 19.7 Å². The average Bonchev–Trinajstić information content (AvgIpc) is 2.25. The smallest absolute Gasteiger partial charge is 0.339 e. The summed E-state index contributed by atoms with van der Waals surface area (Å²) in [5, 5.41) is 0. The molecule has 0 bridgehead atoms. The summed E-state index contributed by atoms with van der Waals surface area (Å²) in [7, 11) is 2.97. The first kappa shape index (κ1) is 13.9. The first-order valence-corrected chi connectivity index (χ1v) is 4.30. The maximum Gasteiger partial charge on any atom is 0.339 e. The van der Waals surface area contributed by atoms with E-state index in [9.17, 15) is 4.79 Å². The van der Waals surface area contributed by atoms with Crippen molar-refractivity contribution in [3.8, 4) is 0 Å². The van der Waals surface area contributed by atoms with Crippen LogP contribution in [0.5, 0.6) is 0 Å². The van der Waals surface area contributed by atoms with Gasteiger partial charge in [-0.25, -0.2) is 4.79 Å². The van der Waals surface area contributed by atoms with Crippen LogP contribution in [-0.4, -0.2) is 31.8 Å². The number of methoxy groups -OCH3 is 2. The fraction of sp³-hybridized carbons (Fsp3) is 0.400. The molecule has 0 aliphatic carbocycles. The van der Waals surface area contributed by atoms with Crippen LogP contribution in [0.4, 0.5) is 0 Å². The largest absolute Gasteiger partial charge is 0.465 e. The third-order valence-corrected chi connectivity index (χ3v) is 1.84. The minimum Gasteiger partial charge on any atom is -0.465 e. The van der Waals surface area contributed by atoms with E-state index >= 15 is 0 Å². The molecule has 0 unspecified atom stereocenters. The summed E-state index contributed by atoms with van der Waals surface area (Å²) < 4.78 is 9.56. The highest BCUT2D eigenvalue weighted by atomic mass is 35.5. The molecule has 0 aliphatic rings. The van der Waals surface area contributed by atoms with Gasteiger partial charge in [-0.2, -0.15) is 0 Å². The van der Waals surface area contributed by atoms with E-state index in [-0.39, 0.29) is 18.4 Å². The van der Waals surface area contributed by atoms with Gasteiger partial charge in [0.25, 0.3) is 0 Å². The highest BCUT2D eigenvalue weighted by Gasteiger charge is 2.11. The van der Waals surface area contributed by atoms with Crippen molar-refractivity contribution in [1.29, 1.82) is 0 Å². The fourth-order valence-corrected chi connectivity index (χ4v) is 1.13. The van der Waals surface area contributed by atoms with Crippen molar-refractivity contribution in [2.75, 3.05) is 20.8 Å². The lowest BCUT2D eigenvalue weighted by Gasteiger charge is -2.05. The Hall–Kier alpha value is -1.13. The van der Waals surface area contributed by atoms with Crippen LogP contribution in [0.1, 0.15) is 16.1 Å². The number of aromatic nitrogens is 1. The summed E-state index contributed by atoms with van der Waals surface area (Å²) >= 11 is 0. The third kappa shape index (κ3) is 3.85. The molecule has 1 heterocycles. The van der Waals surface area contributed by atoms with Gasteiger partial charge < -0.3 is 9.47 Å². The topological polar surface area (TPSA) is 48.4 Å². The van der Waals surface area contributed by atoms with Gasteiger partial charge in [0.05, 0.1) is 25.0 Å². The molecule has 15 heavy (non-hydrogen) atoms. The van der Waals surface area contributed by atoms with Crippen LogP contribution in [0.3, 0.4) is 0 Å². The second kappa shape index (κ2) is 7.20. The number of esters is 1. The summed E-state index contributed by atoms with van der Waals surface area (Å²) in [6, 6.07) is 3.41. The third-order valence-electron chi connectivity index (χ3n) is 1.84. The lowest BCUT2D eigenvalue weighted by molar-refractivity contribution is 0.0598. The van der Waals surface area contributed by atoms with E-state index in [2.05, 4.69) is 9.72 Å². The van der Waals surface area contributed by atoms with Gasteiger partial charge in [-0.05, 0) is 12.1 Å². The summed E-state index contributed by atoms with van der Waals surface area (Å²) in [4.78, 5) is 15.4. The maximum absolute atomic E-state index is 11.3. The van der Waals surface area contributed by atoms with Crippen LogP contribution in [0.15, 0.2) is 18.3 Å². The highest BCUT2D eigenvalue weighted by Crippen LogP contribution is 2.07. The van der Waals surface area contributed by atoms with Crippen molar-refractivity contribution >= 4 is 18.4 Å². The van der Waals surface area contributed by atoms with E-state index in [0.717, 1.165) is 0 Å². The van der Waals surface area contributed by atoms with E-state index in [1.807, 2.05) is 0 Å². The van der Waals surface area contributed by atoms with E-state index in [0.29, 0.717) is 24.3 Å². The molecule has 0 aromatic carbocycles. The van der Waals surface area contributed by atoms with Crippen molar-refractivity contribution in [2.45, 2.75) is 6.42 Å². The Kier molecular flexibility index (Phi) is 6.66. The molecule has 0 saturated heterocycles. The van der Waals surface area contributed by atoms with Crippen molar-refractivity contribution in [3.05, 3.63) is 29.6 Å². The predicted molar refractivity (Wildman–Crippen MR) is 58.4 cm³/mol. The van der Waals surface area contributed by atoms with Gasteiger partial charge in [0.1, 0.15) is 0 Å². The second-order valence-corrected chi connectivity index (χ2v) is 2.73. The molecular formula is C10H14ClNO3. The van der Waals surface area contributed by atoms with Gasteiger partial charge in [-0.1, -0.05) is 0 Å². The number of halogens is 1. The molecule has 4 nitrogen and oxygen atoms in total. The molecular weight excluding hydrogens is 218 g/mol. The van der Waals surface area contributed by atoms with Crippen LogP contribution in [0, 0.1) is 0 Å². The van der Waals surface area contributed by atoms with Crippen molar-refractivity contribution in [1.82, 2.24) is 4.98 Å². The number of carbonyl (C=O) groups excluding carboxylic acids is 1. The zero-order chi connectivity index (χ0) is 10.4. The van der Waals surface area contributed by atoms with Crippen LogP contribution in [0.25, 0.3) is 0 Å². The lowest BCUT2D eigenvalue weighted by atomic mass is 10.1. The Morgan fingerprint density at radius 2 is 2.20 bits per heavy atom. The Bertz CT molecular complexity index is 317. The van der Waals surface area contributed by atoms with Crippen LogP contribution in [0.2, 0.25) is 0 Å².